The van der Waals surface area contributed by atoms with E-state index in [-0.39, 0.29) is 18.1 Å². The Balaban J connectivity index is 2.14. The molecule has 2 rings (SSSR count). The highest BCUT2D eigenvalue weighted by atomic mass is 32.2. The molecule has 1 aromatic carbocycles. The van der Waals surface area contributed by atoms with Crippen molar-refractivity contribution in [1.82, 2.24) is 4.72 Å². The maximum absolute atomic E-state index is 12.4. The number of benzene rings is 1. The first kappa shape index (κ1) is 15.5. The van der Waals surface area contributed by atoms with E-state index in [1.54, 1.807) is 24.3 Å². The molecular formula is C15H23NO3S. The maximum atomic E-state index is 12.4. The van der Waals surface area contributed by atoms with Gasteiger partial charge in [-0.3, -0.25) is 0 Å². The Kier molecular flexibility index (Phi) is 4.52. The van der Waals surface area contributed by atoms with Crippen molar-refractivity contribution in [3.8, 4) is 0 Å². The van der Waals surface area contributed by atoms with Gasteiger partial charge in [0, 0.05) is 12.6 Å². The topological polar surface area (TPSA) is 66.4 Å². The number of hydrogen-bond donors (Lipinski definition) is 2. The second kappa shape index (κ2) is 5.84. The van der Waals surface area contributed by atoms with Crippen LogP contribution in [-0.2, 0) is 16.4 Å². The van der Waals surface area contributed by atoms with Crippen LogP contribution in [0.25, 0.3) is 0 Å². The third kappa shape index (κ3) is 3.40. The van der Waals surface area contributed by atoms with Gasteiger partial charge in [-0.25, -0.2) is 13.1 Å². The van der Waals surface area contributed by atoms with E-state index >= 15 is 0 Å². The summed E-state index contributed by atoms with van der Waals surface area (Å²) in [6.45, 7) is 4.29. The van der Waals surface area contributed by atoms with Crippen LogP contribution < -0.4 is 4.72 Å². The summed E-state index contributed by atoms with van der Waals surface area (Å²) >= 11 is 0. The molecule has 112 valence electrons. The SMILES string of the molecule is CC1(C)CCCC1NS(=O)(=O)c1ccc(CCO)cc1. The molecule has 0 heterocycles. The number of nitrogens with one attached hydrogen (secondary N) is 1. The van der Waals surface area contributed by atoms with Crippen molar-refractivity contribution in [2.24, 2.45) is 5.41 Å². The van der Waals surface area contributed by atoms with Gasteiger partial charge in [0.05, 0.1) is 4.90 Å². The van der Waals surface area contributed by atoms with Gasteiger partial charge in [-0.15, -0.1) is 0 Å². The number of aliphatic hydroxyl groups excluding tert-OH is 1. The van der Waals surface area contributed by atoms with Gasteiger partial charge in [0.1, 0.15) is 0 Å². The van der Waals surface area contributed by atoms with E-state index in [9.17, 15) is 8.42 Å². The summed E-state index contributed by atoms with van der Waals surface area (Å²) < 4.78 is 27.6. The summed E-state index contributed by atoms with van der Waals surface area (Å²) in [7, 11) is -3.46. The smallest absolute Gasteiger partial charge is 0.240 e. The zero-order chi connectivity index (χ0) is 14.8. The van der Waals surface area contributed by atoms with Gasteiger partial charge in [0.2, 0.25) is 10.0 Å². The fraction of sp³-hybridized carbons (Fsp3) is 0.600. The normalized spacial score (nSPS) is 22.1. The minimum atomic E-state index is -3.46. The molecule has 0 spiro atoms. The lowest BCUT2D eigenvalue weighted by molar-refractivity contribution is 0.299. The molecule has 4 nitrogen and oxygen atoms in total. The largest absolute Gasteiger partial charge is 0.396 e. The van der Waals surface area contributed by atoms with Crippen molar-refractivity contribution in [3.05, 3.63) is 29.8 Å². The zero-order valence-corrected chi connectivity index (χ0v) is 12.9. The van der Waals surface area contributed by atoms with Gasteiger partial charge in [-0.05, 0) is 42.4 Å². The first-order valence-electron chi connectivity index (χ1n) is 7.07. The van der Waals surface area contributed by atoms with Crippen LogP contribution in [0, 0.1) is 5.41 Å². The highest BCUT2D eigenvalue weighted by Gasteiger charge is 2.37. The lowest BCUT2D eigenvalue weighted by atomic mass is 9.88. The van der Waals surface area contributed by atoms with Gasteiger partial charge in [0.15, 0.2) is 0 Å². The van der Waals surface area contributed by atoms with Crippen LogP contribution >= 0.6 is 0 Å². The average Bonchev–Trinajstić information content (AvgIpc) is 2.69. The molecule has 0 radical (unpaired) electrons. The number of hydrogen-bond acceptors (Lipinski definition) is 3. The maximum Gasteiger partial charge on any atom is 0.240 e. The summed E-state index contributed by atoms with van der Waals surface area (Å²) in [5, 5.41) is 8.87. The molecule has 20 heavy (non-hydrogen) atoms. The van der Waals surface area contributed by atoms with Gasteiger partial charge in [0.25, 0.3) is 0 Å². The fourth-order valence-electron chi connectivity index (χ4n) is 2.76. The van der Waals surface area contributed by atoms with Crippen LogP contribution in [0.4, 0.5) is 0 Å². The highest BCUT2D eigenvalue weighted by molar-refractivity contribution is 7.89. The number of sulfonamides is 1. The van der Waals surface area contributed by atoms with E-state index in [1.807, 2.05) is 0 Å². The van der Waals surface area contributed by atoms with Gasteiger partial charge in [-0.2, -0.15) is 0 Å². The minimum Gasteiger partial charge on any atom is -0.396 e. The molecule has 0 saturated heterocycles. The van der Waals surface area contributed by atoms with Crippen molar-refractivity contribution in [2.75, 3.05) is 6.61 Å². The fourth-order valence-corrected chi connectivity index (χ4v) is 4.21. The molecule has 2 N–H and O–H groups in total. The second-order valence-electron chi connectivity index (χ2n) is 6.17. The molecule has 1 fully saturated rings. The van der Waals surface area contributed by atoms with Crippen molar-refractivity contribution in [2.45, 2.75) is 50.5 Å². The molecule has 1 saturated carbocycles. The van der Waals surface area contributed by atoms with Crippen molar-refractivity contribution < 1.29 is 13.5 Å². The standard InChI is InChI=1S/C15H23NO3S/c1-15(2)10-3-4-14(15)16-20(18,19)13-7-5-12(6-8-13)9-11-17/h5-8,14,16-17H,3-4,9-11H2,1-2H3. The molecule has 1 atom stereocenters. The van der Waals surface area contributed by atoms with Crippen LogP contribution in [0.5, 0.6) is 0 Å². The van der Waals surface area contributed by atoms with Crippen molar-refractivity contribution in [1.29, 1.82) is 0 Å². The van der Waals surface area contributed by atoms with Crippen LogP contribution in [-0.4, -0.2) is 26.2 Å². The van der Waals surface area contributed by atoms with E-state index in [0.717, 1.165) is 24.8 Å². The van der Waals surface area contributed by atoms with Crippen LogP contribution in [0.2, 0.25) is 0 Å². The Morgan fingerprint density at radius 2 is 1.95 bits per heavy atom. The highest BCUT2D eigenvalue weighted by Crippen LogP contribution is 2.37. The summed E-state index contributed by atoms with van der Waals surface area (Å²) in [6.07, 6.45) is 3.56. The van der Waals surface area contributed by atoms with E-state index in [4.69, 9.17) is 5.11 Å². The van der Waals surface area contributed by atoms with E-state index < -0.39 is 10.0 Å². The van der Waals surface area contributed by atoms with Crippen molar-refractivity contribution >= 4 is 10.0 Å². The average molecular weight is 297 g/mol. The second-order valence-corrected chi connectivity index (χ2v) is 7.89. The molecule has 1 aliphatic carbocycles. The molecule has 0 aromatic heterocycles. The first-order valence-corrected chi connectivity index (χ1v) is 8.56. The Hall–Kier alpha value is -0.910. The molecule has 5 heteroatoms. The molecule has 1 unspecified atom stereocenters. The molecule has 0 amide bonds. The van der Waals surface area contributed by atoms with Gasteiger partial charge < -0.3 is 5.11 Å². The van der Waals surface area contributed by atoms with E-state index in [1.165, 1.54) is 0 Å². The predicted octanol–water partition coefficient (Wildman–Crippen LogP) is 2.08. The van der Waals surface area contributed by atoms with Crippen LogP contribution in [0.1, 0.15) is 38.7 Å². The first-order chi connectivity index (χ1) is 9.35. The zero-order valence-electron chi connectivity index (χ0n) is 12.1. The summed E-state index contributed by atoms with van der Waals surface area (Å²) in [6, 6.07) is 6.73. The number of aliphatic hydroxyl groups is 1. The lowest BCUT2D eigenvalue weighted by Crippen LogP contribution is -2.41. The molecule has 1 aliphatic rings. The Morgan fingerprint density at radius 1 is 1.30 bits per heavy atom. The minimum absolute atomic E-state index is 0.00428. The molecular weight excluding hydrogens is 274 g/mol. The monoisotopic (exact) mass is 297 g/mol. The molecule has 1 aromatic rings. The quantitative estimate of drug-likeness (QED) is 0.874. The molecule has 0 bridgehead atoms. The summed E-state index contributed by atoms with van der Waals surface area (Å²) in [5.41, 5.74) is 0.955. The lowest BCUT2D eigenvalue weighted by Gasteiger charge is -2.27. The van der Waals surface area contributed by atoms with E-state index in [2.05, 4.69) is 18.6 Å². The Labute approximate surface area is 121 Å². The third-order valence-electron chi connectivity index (χ3n) is 4.19. The predicted molar refractivity (Wildman–Crippen MR) is 79.0 cm³/mol. The summed E-state index contributed by atoms with van der Waals surface area (Å²) in [4.78, 5) is 0.293. The Bertz CT molecular complexity index is 549. The van der Waals surface area contributed by atoms with Crippen LogP contribution in [0.3, 0.4) is 0 Å². The third-order valence-corrected chi connectivity index (χ3v) is 5.68. The van der Waals surface area contributed by atoms with Crippen molar-refractivity contribution in [3.63, 3.8) is 0 Å². The summed E-state index contributed by atoms with van der Waals surface area (Å²) in [5.74, 6) is 0. The Morgan fingerprint density at radius 3 is 2.45 bits per heavy atom. The molecule has 0 aliphatic heterocycles. The van der Waals surface area contributed by atoms with E-state index in [0.29, 0.717) is 11.3 Å². The number of rotatable bonds is 5. The van der Waals surface area contributed by atoms with Gasteiger partial charge >= 0.3 is 0 Å². The van der Waals surface area contributed by atoms with Gasteiger partial charge in [-0.1, -0.05) is 32.4 Å². The van der Waals surface area contributed by atoms with Crippen LogP contribution in [0.15, 0.2) is 29.2 Å².